The zero-order valence-electron chi connectivity index (χ0n) is 13.6. The van der Waals surface area contributed by atoms with Crippen molar-refractivity contribution in [3.8, 4) is 5.75 Å². The first-order valence-corrected chi connectivity index (χ1v) is 7.61. The van der Waals surface area contributed by atoms with Crippen LogP contribution in [0.4, 0.5) is 0 Å². The fourth-order valence-electron chi connectivity index (χ4n) is 2.43. The number of hydrogen-bond donors (Lipinski definition) is 1. The number of nitrogens with zero attached hydrogens (tertiary/aromatic N) is 1. The first-order chi connectivity index (χ1) is 9.52. The van der Waals surface area contributed by atoms with Gasteiger partial charge in [-0.2, -0.15) is 0 Å². The van der Waals surface area contributed by atoms with Crippen molar-refractivity contribution in [2.75, 3.05) is 27.2 Å². The second-order valence-corrected chi connectivity index (χ2v) is 6.01. The largest absolute Gasteiger partial charge is 0.494 e. The van der Waals surface area contributed by atoms with Crippen LogP contribution in [0.25, 0.3) is 0 Å². The van der Waals surface area contributed by atoms with Crippen molar-refractivity contribution in [1.29, 1.82) is 0 Å². The molecule has 3 heteroatoms. The Morgan fingerprint density at radius 2 is 1.90 bits per heavy atom. The van der Waals surface area contributed by atoms with E-state index in [1.165, 1.54) is 12.0 Å². The lowest BCUT2D eigenvalue weighted by Gasteiger charge is -2.24. The van der Waals surface area contributed by atoms with Gasteiger partial charge in [0.1, 0.15) is 5.75 Å². The summed E-state index contributed by atoms with van der Waals surface area (Å²) in [5, 5.41) is 3.68. The fraction of sp³-hybridized carbons (Fsp3) is 0.647. The van der Waals surface area contributed by atoms with Gasteiger partial charge >= 0.3 is 0 Å². The molecule has 0 aliphatic carbocycles. The van der Waals surface area contributed by atoms with Gasteiger partial charge in [-0.25, -0.2) is 0 Å². The highest BCUT2D eigenvalue weighted by Gasteiger charge is 2.12. The van der Waals surface area contributed by atoms with Crippen LogP contribution >= 0.6 is 0 Å². The van der Waals surface area contributed by atoms with E-state index in [-0.39, 0.29) is 0 Å². The van der Waals surface area contributed by atoms with Gasteiger partial charge in [0.05, 0.1) is 6.61 Å². The predicted molar refractivity (Wildman–Crippen MR) is 86.2 cm³/mol. The second-order valence-electron chi connectivity index (χ2n) is 6.01. The minimum absolute atomic E-state index is 0.514. The Hall–Kier alpha value is -1.06. The highest BCUT2D eigenvalue weighted by Crippen LogP contribution is 2.18. The van der Waals surface area contributed by atoms with E-state index < -0.39 is 0 Å². The number of nitrogens with one attached hydrogen (secondary N) is 1. The van der Waals surface area contributed by atoms with Gasteiger partial charge in [-0.05, 0) is 39.4 Å². The van der Waals surface area contributed by atoms with Crippen LogP contribution in [0.1, 0.15) is 32.8 Å². The summed E-state index contributed by atoms with van der Waals surface area (Å²) in [6.45, 7) is 9.22. The zero-order chi connectivity index (χ0) is 15.0. The van der Waals surface area contributed by atoms with Gasteiger partial charge in [-0.1, -0.05) is 32.0 Å². The minimum Gasteiger partial charge on any atom is -0.494 e. The van der Waals surface area contributed by atoms with Gasteiger partial charge < -0.3 is 15.0 Å². The molecule has 0 aliphatic heterocycles. The average Bonchev–Trinajstić information content (AvgIpc) is 2.36. The van der Waals surface area contributed by atoms with Crippen LogP contribution in [0, 0.1) is 5.92 Å². The molecule has 0 heterocycles. The number of ether oxygens (including phenoxy) is 1. The molecule has 0 saturated carbocycles. The van der Waals surface area contributed by atoms with E-state index in [0.29, 0.717) is 18.6 Å². The molecule has 0 fully saturated rings. The third-order valence-electron chi connectivity index (χ3n) is 3.20. The number of hydrogen-bond acceptors (Lipinski definition) is 3. The van der Waals surface area contributed by atoms with Crippen molar-refractivity contribution < 1.29 is 4.74 Å². The molecule has 1 rings (SSSR count). The molecule has 0 saturated heterocycles. The summed E-state index contributed by atoms with van der Waals surface area (Å²) in [6.07, 6.45) is 1.19. The molecule has 0 bridgehead atoms. The molecular weight excluding hydrogens is 248 g/mol. The van der Waals surface area contributed by atoms with Crippen molar-refractivity contribution in [1.82, 2.24) is 10.2 Å². The van der Waals surface area contributed by atoms with E-state index in [2.05, 4.69) is 50.3 Å². The Labute approximate surface area is 124 Å². The molecule has 1 N–H and O–H groups in total. The van der Waals surface area contributed by atoms with Crippen LogP contribution < -0.4 is 10.1 Å². The zero-order valence-corrected chi connectivity index (χ0v) is 13.6. The van der Waals surface area contributed by atoms with Gasteiger partial charge in [0.2, 0.25) is 0 Å². The van der Waals surface area contributed by atoms with Gasteiger partial charge in [0, 0.05) is 24.7 Å². The van der Waals surface area contributed by atoms with Crippen LogP contribution in [-0.2, 0) is 6.54 Å². The maximum atomic E-state index is 5.68. The van der Waals surface area contributed by atoms with Crippen molar-refractivity contribution in [3.63, 3.8) is 0 Å². The Kier molecular flexibility index (Phi) is 7.63. The predicted octanol–water partition coefficient (Wildman–Crippen LogP) is 3.15. The van der Waals surface area contributed by atoms with Gasteiger partial charge in [-0.15, -0.1) is 0 Å². The quantitative estimate of drug-likeness (QED) is 0.751. The van der Waals surface area contributed by atoms with E-state index >= 15 is 0 Å². The maximum Gasteiger partial charge on any atom is 0.123 e. The Balaban J connectivity index is 2.61. The average molecular weight is 278 g/mol. The van der Waals surface area contributed by atoms with E-state index in [1.807, 2.05) is 19.1 Å². The van der Waals surface area contributed by atoms with E-state index in [1.54, 1.807) is 0 Å². The summed E-state index contributed by atoms with van der Waals surface area (Å²) in [5.41, 5.74) is 1.24. The Morgan fingerprint density at radius 3 is 2.50 bits per heavy atom. The van der Waals surface area contributed by atoms with E-state index in [9.17, 15) is 0 Å². The molecule has 1 atom stereocenters. The van der Waals surface area contributed by atoms with Crippen molar-refractivity contribution in [3.05, 3.63) is 29.8 Å². The summed E-state index contributed by atoms with van der Waals surface area (Å²) < 4.78 is 5.68. The second kappa shape index (κ2) is 8.98. The van der Waals surface area contributed by atoms with Crippen molar-refractivity contribution >= 4 is 0 Å². The molecule has 3 nitrogen and oxygen atoms in total. The Bertz CT molecular complexity index is 367. The highest BCUT2D eigenvalue weighted by molar-refractivity contribution is 5.33. The third-order valence-corrected chi connectivity index (χ3v) is 3.20. The third kappa shape index (κ3) is 6.40. The molecule has 1 aromatic rings. The fourth-order valence-corrected chi connectivity index (χ4v) is 2.43. The summed E-state index contributed by atoms with van der Waals surface area (Å²) in [5.74, 6) is 1.70. The minimum atomic E-state index is 0.514. The standard InChI is InChI=1S/C17H30N2O/c1-6-20-17-10-8-7-9-15(17)12-18-16(11-14(2)3)13-19(4)5/h7-10,14,16,18H,6,11-13H2,1-5H3. The maximum absolute atomic E-state index is 5.68. The van der Waals surface area contributed by atoms with Gasteiger partial charge in [-0.3, -0.25) is 0 Å². The molecule has 0 aromatic heterocycles. The number of benzene rings is 1. The van der Waals surface area contributed by atoms with Crippen LogP contribution in [0.15, 0.2) is 24.3 Å². The first kappa shape index (κ1) is 17.0. The smallest absolute Gasteiger partial charge is 0.123 e. The summed E-state index contributed by atoms with van der Waals surface area (Å²) in [7, 11) is 4.26. The lowest BCUT2D eigenvalue weighted by Crippen LogP contribution is -2.38. The van der Waals surface area contributed by atoms with Crippen LogP contribution in [0.5, 0.6) is 5.75 Å². The van der Waals surface area contributed by atoms with E-state index in [4.69, 9.17) is 4.74 Å². The summed E-state index contributed by atoms with van der Waals surface area (Å²) >= 11 is 0. The molecule has 20 heavy (non-hydrogen) atoms. The van der Waals surface area contributed by atoms with Crippen molar-refractivity contribution in [2.45, 2.75) is 39.8 Å². The summed E-state index contributed by atoms with van der Waals surface area (Å²) in [6, 6.07) is 8.80. The van der Waals surface area contributed by atoms with Crippen LogP contribution in [0.2, 0.25) is 0 Å². The molecule has 1 unspecified atom stereocenters. The molecule has 1 aromatic carbocycles. The highest BCUT2D eigenvalue weighted by atomic mass is 16.5. The van der Waals surface area contributed by atoms with E-state index in [0.717, 1.165) is 18.8 Å². The van der Waals surface area contributed by atoms with Crippen LogP contribution in [0.3, 0.4) is 0 Å². The molecular formula is C17H30N2O. The normalized spacial score (nSPS) is 12.9. The van der Waals surface area contributed by atoms with Crippen molar-refractivity contribution in [2.24, 2.45) is 5.92 Å². The molecule has 114 valence electrons. The lowest BCUT2D eigenvalue weighted by atomic mass is 10.0. The number of likely N-dealkylation sites (N-methyl/N-ethyl adjacent to an activating group) is 1. The molecule has 0 aliphatic rings. The first-order valence-electron chi connectivity index (χ1n) is 7.61. The molecule has 0 radical (unpaired) electrons. The Morgan fingerprint density at radius 1 is 1.20 bits per heavy atom. The SMILES string of the molecule is CCOc1ccccc1CNC(CC(C)C)CN(C)C. The number of rotatable bonds is 9. The summed E-state index contributed by atoms with van der Waals surface area (Å²) in [4.78, 5) is 2.24. The topological polar surface area (TPSA) is 24.5 Å². The molecule has 0 spiro atoms. The molecule has 0 amide bonds. The van der Waals surface area contributed by atoms with Gasteiger partial charge in [0.25, 0.3) is 0 Å². The number of para-hydroxylation sites is 1. The lowest BCUT2D eigenvalue weighted by molar-refractivity contribution is 0.301. The monoisotopic (exact) mass is 278 g/mol. The van der Waals surface area contributed by atoms with Gasteiger partial charge in [0.15, 0.2) is 0 Å². The van der Waals surface area contributed by atoms with Crippen LogP contribution in [-0.4, -0.2) is 38.2 Å².